The van der Waals surface area contributed by atoms with Crippen LogP contribution in [0.1, 0.15) is 45.6 Å². The van der Waals surface area contributed by atoms with Crippen LogP contribution in [0.2, 0.25) is 0 Å². The van der Waals surface area contributed by atoms with Gasteiger partial charge in [-0.1, -0.05) is 6.07 Å². The molecular weight excluding hydrogens is 492 g/mol. The molecule has 3 aromatic rings. The molecule has 3 amide bonds. The van der Waals surface area contributed by atoms with Crippen LogP contribution in [0, 0.1) is 22.7 Å². The summed E-state index contributed by atoms with van der Waals surface area (Å²) < 4.78 is 0. The van der Waals surface area contributed by atoms with Gasteiger partial charge in [-0.05, 0) is 25.0 Å². The van der Waals surface area contributed by atoms with Gasteiger partial charge in [-0.15, -0.1) is 11.3 Å². The van der Waals surface area contributed by atoms with Crippen molar-refractivity contribution in [3.8, 4) is 12.1 Å². The predicted octanol–water partition coefficient (Wildman–Crippen LogP) is 2.38. The molecule has 2 N–H and O–H groups in total. The Hall–Kier alpha value is -4.49. The van der Waals surface area contributed by atoms with Gasteiger partial charge in [0.25, 0.3) is 5.91 Å². The van der Waals surface area contributed by atoms with Crippen molar-refractivity contribution in [1.29, 1.82) is 10.5 Å². The maximum atomic E-state index is 13.1. The zero-order chi connectivity index (χ0) is 25.8. The number of anilines is 2. The highest BCUT2D eigenvalue weighted by Crippen LogP contribution is 2.31. The van der Waals surface area contributed by atoms with E-state index < -0.39 is 5.91 Å². The van der Waals surface area contributed by atoms with Crippen molar-refractivity contribution in [3.05, 3.63) is 51.9 Å². The van der Waals surface area contributed by atoms with E-state index in [1.54, 1.807) is 17.6 Å². The molecule has 13 heteroatoms. The molecule has 0 unspecified atom stereocenters. The quantitative estimate of drug-likeness (QED) is 0.535. The largest absolute Gasteiger partial charge is 0.353 e. The van der Waals surface area contributed by atoms with E-state index >= 15 is 0 Å². The van der Waals surface area contributed by atoms with Crippen LogP contribution in [0.3, 0.4) is 0 Å². The molecule has 2 saturated heterocycles. The van der Waals surface area contributed by atoms with Crippen LogP contribution < -0.4 is 10.2 Å². The van der Waals surface area contributed by atoms with E-state index in [9.17, 15) is 9.59 Å². The number of carbonyl (C=O) groups excluding carboxylic acids is 2. The van der Waals surface area contributed by atoms with Gasteiger partial charge in [0.2, 0.25) is 5.95 Å². The minimum Gasteiger partial charge on any atom is -0.353 e. The van der Waals surface area contributed by atoms with E-state index in [-0.39, 0.29) is 35.0 Å². The van der Waals surface area contributed by atoms with Gasteiger partial charge in [-0.3, -0.25) is 10.1 Å². The monoisotopic (exact) mass is 516 g/mol. The number of hydrogen-bond acceptors (Lipinski definition) is 9. The molecule has 2 fully saturated rings. The van der Waals surface area contributed by atoms with E-state index in [0.717, 1.165) is 36.8 Å². The number of rotatable bonds is 4. The first-order valence-corrected chi connectivity index (χ1v) is 12.8. The molecular formula is C24H24N10O2S. The number of piperidine rings is 1. The number of pyridine rings is 1. The van der Waals surface area contributed by atoms with Crippen molar-refractivity contribution in [2.24, 2.45) is 0 Å². The number of urea groups is 1. The summed E-state index contributed by atoms with van der Waals surface area (Å²) in [4.78, 5) is 47.1. The third kappa shape index (κ3) is 5.22. The summed E-state index contributed by atoms with van der Waals surface area (Å²) in [6.45, 7) is 4.15. The second-order valence-corrected chi connectivity index (χ2v) is 9.65. The number of aromatic amines is 1. The Morgan fingerprint density at radius 2 is 1.78 bits per heavy atom. The summed E-state index contributed by atoms with van der Waals surface area (Å²) in [5, 5.41) is 23.1. The van der Waals surface area contributed by atoms with Gasteiger partial charge in [0, 0.05) is 56.8 Å². The minimum atomic E-state index is -0.470. The number of aromatic nitrogens is 4. The first-order valence-electron chi connectivity index (χ1n) is 11.9. The lowest BCUT2D eigenvalue weighted by Gasteiger charge is -2.39. The van der Waals surface area contributed by atoms with Crippen molar-refractivity contribution in [2.75, 3.05) is 49.5 Å². The summed E-state index contributed by atoms with van der Waals surface area (Å²) in [6.07, 6.45) is 3.34. The van der Waals surface area contributed by atoms with Crippen molar-refractivity contribution in [3.63, 3.8) is 0 Å². The molecule has 2 aliphatic heterocycles. The normalized spacial score (nSPS) is 16.2. The van der Waals surface area contributed by atoms with E-state index in [4.69, 9.17) is 10.5 Å². The molecule has 0 bridgehead atoms. The maximum absolute atomic E-state index is 13.1. The average Bonchev–Trinajstić information content (AvgIpc) is 3.61. The number of likely N-dealkylation sites (tertiary alicyclic amines) is 1. The van der Waals surface area contributed by atoms with Crippen LogP contribution in [0.4, 0.5) is 16.6 Å². The van der Waals surface area contributed by atoms with Gasteiger partial charge in [0.1, 0.15) is 23.7 Å². The van der Waals surface area contributed by atoms with Gasteiger partial charge in [-0.25, -0.2) is 19.7 Å². The Morgan fingerprint density at radius 3 is 2.43 bits per heavy atom. The van der Waals surface area contributed by atoms with Crippen molar-refractivity contribution in [1.82, 2.24) is 29.7 Å². The fourth-order valence-corrected chi connectivity index (χ4v) is 5.50. The lowest BCUT2D eigenvalue weighted by Crippen LogP contribution is -2.54. The molecule has 37 heavy (non-hydrogen) atoms. The second-order valence-electron chi connectivity index (χ2n) is 8.76. The Balaban J connectivity index is 1.12. The number of H-pyrrole nitrogens is 1. The predicted molar refractivity (Wildman–Crippen MR) is 135 cm³/mol. The van der Waals surface area contributed by atoms with Crippen LogP contribution in [0.5, 0.6) is 0 Å². The molecule has 0 spiro atoms. The number of hydrogen-bond donors (Lipinski definition) is 2. The summed E-state index contributed by atoms with van der Waals surface area (Å²) in [5.41, 5.74) is 0.166. The van der Waals surface area contributed by atoms with Crippen molar-refractivity contribution in [2.45, 2.75) is 18.8 Å². The molecule has 0 radical (unpaired) electrons. The van der Waals surface area contributed by atoms with E-state index in [1.165, 1.54) is 11.3 Å². The lowest BCUT2D eigenvalue weighted by atomic mass is 9.98. The molecule has 2 aliphatic rings. The van der Waals surface area contributed by atoms with Crippen LogP contribution in [0.15, 0.2) is 29.8 Å². The fraction of sp³-hybridized carbons (Fsp3) is 0.375. The molecule has 3 aromatic heterocycles. The molecule has 12 nitrogen and oxygen atoms in total. The number of nitrogens with zero attached hydrogens (tertiary/aromatic N) is 8. The van der Waals surface area contributed by atoms with Gasteiger partial charge in [0.15, 0.2) is 11.4 Å². The third-order valence-corrected chi connectivity index (χ3v) is 7.55. The zero-order valence-electron chi connectivity index (χ0n) is 19.9. The highest BCUT2D eigenvalue weighted by atomic mass is 32.1. The first kappa shape index (κ1) is 24.2. The topological polar surface area (TPSA) is 158 Å². The van der Waals surface area contributed by atoms with Gasteiger partial charge >= 0.3 is 6.03 Å². The molecule has 0 atom stereocenters. The summed E-state index contributed by atoms with van der Waals surface area (Å²) in [7, 11) is 0. The van der Waals surface area contributed by atoms with Crippen molar-refractivity contribution < 1.29 is 9.59 Å². The van der Waals surface area contributed by atoms with Crippen LogP contribution >= 0.6 is 11.3 Å². The van der Waals surface area contributed by atoms with E-state index in [0.29, 0.717) is 26.2 Å². The van der Waals surface area contributed by atoms with Crippen LogP contribution in [-0.4, -0.2) is 80.9 Å². The molecule has 0 aliphatic carbocycles. The second kappa shape index (κ2) is 10.6. The summed E-state index contributed by atoms with van der Waals surface area (Å²) in [6, 6.07) is 9.56. The highest BCUT2D eigenvalue weighted by molar-refractivity contribution is 7.10. The smallest absolute Gasteiger partial charge is 0.320 e. The van der Waals surface area contributed by atoms with E-state index in [1.807, 2.05) is 34.1 Å². The maximum Gasteiger partial charge on any atom is 0.320 e. The van der Waals surface area contributed by atoms with Gasteiger partial charge < -0.3 is 19.7 Å². The minimum absolute atomic E-state index is 0.00634. The van der Waals surface area contributed by atoms with Crippen molar-refractivity contribution >= 4 is 35.0 Å². The van der Waals surface area contributed by atoms with E-state index in [2.05, 4.69) is 30.2 Å². The number of amides is 3. The average molecular weight is 517 g/mol. The third-order valence-electron chi connectivity index (χ3n) is 6.55. The zero-order valence-corrected chi connectivity index (χ0v) is 20.7. The SMILES string of the molecule is N#Cc1nc(NC(=O)c2csc(C3CCN(C(=O)N4CCN(c5ccccn5)CC4)CC3)n2)[nH]c1C#N. The first-order chi connectivity index (χ1) is 18.1. The molecule has 5 rings (SSSR count). The highest BCUT2D eigenvalue weighted by Gasteiger charge is 2.30. The van der Waals surface area contributed by atoms with Crippen LogP contribution in [-0.2, 0) is 0 Å². The molecule has 0 aromatic carbocycles. The number of thiazole rings is 1. The molecule has 188 valence electrons. The Morgan fingerprint density at radius 1 is 1.03 bits per heavy atom. The molecule has 0 saturated carbocycles. The number of nitriles is 2. The Bertz CT molecular complexity index is 1320. The molecule has 5 heterocycles. The standard InChI is InChI=1S/C24H24N10O2S/c25-13-17-18(14-26)30-23(29-17)31-21(35)19-15-37-22(28-19)16-4-7-33(8-5-16)24(36)34-11-9-32(10-12-34)20-3-1-2-6-27-20/h1-3,6,15-16H,4-5,7-12H2,(H2,29,30,31,35). The van der Waals surface area contributed by atoms with Crippen LogP contribution in [0.25, 0.3) is 0 Å². The fourth-order valence-electron chi connectivity index (χ4n) is 4.53. The summed E-state index contributed by atoms with van der Waals surface area (Å²) in [5.74, 6) is 0.675. The Kier molecular flexibility index (Phi) is 6.96. The lowest BCUT2D eigenvalue weighted by molar-refractivity contribution is 0.102. The summed E-state index contributed by atoms with van der Waals surface area (Å²) >= 11 is 1.42. The number of piperazine rings is 1. The number of imidazole rings is 1. The number of nitrogens with one attached hydrogen (secondary N) is 2. The van der Waals surface area contributed by atoms with Gasteiger partial charge in [-0.2, -0.15) is 10.5 Å². The number of carbonyl (C=O) groups is 2. The Labute approximate surface area is 217 Å². The van der Waals surface area contributed by atoms with Gasteiger partial charge in [0.05, 0.1) is 5.01 Å².